The lowest BCUT2D eigenvalue weighted by atomic mass is 9.97. The molecule has 7 nitrogen and oxygen atoms in total. The third-order valence-electron chi connectivity index (χ3n) is 5.62. The molecule has 0 radical (unpaired) electrons. The number of anilines is 1. The Morgan fingerprint density at radius 1 is 0.882 bits per heavy atom. The zero-order valence-corrected chi connectivity index (χ0v) is 19.9. The fraction of sp³-hybridized carbons (Fsp3) is 0.231. The first kappa shape index (κ1) is 23.7. The standard InChI is InChI=1S/C26H27N3O4S/c1-17-3-6-21(26(31)29-23-13-14-23)15-24(17)19-7-9-20(10-8-19)25(30)28-22-11-4-18(5-12-22)16-27-34(2,32)33/h3-12,15,23,27H,13-14,16H2,1-2H3,(H,28,30)(H,29,31). The molecule has 4 rings (SSSR count). The smallest absolute Gasteiger partial charge is 0.255 e. The normalized spacial score (nSPS) is 13.4. The SMILES string of the molecule is Cc1ccc(C(=O)NC2CC2)cc1-c1ccc(C(=O)Nc2ccc(CNS(C)(=O)=O)cc2)cc1. The average molecular weight is 478 g/mol. The monoisotopic (exact) mass is 477 g/mol. The van der Waals surface area contributed by atoms with Crippen molar-refractivity contribution in [3.05, 3.63) is 89.0 Å². The van der Waals surface area contributed by atoms with Crippen molar-refractivity contribution in [2.24, 2.45) is 0 Å². The largest absolute Gasteiger partial charge is 0.349 e. The van der Waals surface area contributed by atoms with Gasteiger partial charge in [0.1, 0.15) is 0 Å². The first-order valence-electron chi connectivity index (χ1n) is 11.0. The van der Waals surface area contributed by atoms with Crippen molar-refractivity contribution in [2.75, 3.05) is 11.6 Å². The van der Waals surface area contributed by atoms with E-state index in [4.69, 9.17) is 0 Å². The minimum atomic E-state index is -3.26. The highest BCUT2D eigenvalue weighted by Gasteiger charge is 2.24. The van der Waals surface area contributed by atoms with Gasteiger partial charge >= 0.3 is 0 Å². The molecule has 0 unspecified atom stereocenters. The summed E-state index contributed by atoms with van der Waals surface area (Å²) in [5.74, 6) is -0.305. The summed E-state index contributed by atoms with van der Waals surface area (Å²) < 4.78 is 24.8. The van der Waals surface area contributed by atoms with E-state index in [1.54, 1.807) is 36.4 Å². The Bertz CT molecular complexity index is 1310. The first-order chi connectivity index (χ1) is 16.2. The topological polar surface area (TPSA) is 104 Å². The van der Waals surface area contributed by atoms with Gasteiger partial charge in [0.25, 0.3) is 11.8 Å². The molecule has 3 aromatic rings. The number of amides is 2. The highest BCUT2D eigenvalue weighted by Crippen LogP contribution is 2.26. The van der Waals surface area contributed by atoms with Crippen molar-refractivity contribution in [3.63, 3.8) is 0 Å². The molecular weight excluding hydrogens is 450 g/mol. The lowest BCUT2D eigenvalue weighted by Crippen LogP contribution is -2.25. The van der Waals surface area contributed by atoms with Crippen molar-refractivity contribution >= 4 is 27.5 Å². The van der Waals surface area contributed by atoms with Crippen LogP contribution in [0, 0.1) is 6.92 Å². The van der Waals surface area contributed by atoms with Gasteiger partial charge in [-0.25, -0.2) is 13.1 Å². The van der Waals surface area contributed by atoms with E-state index < -0.39 is 10.0 Å². The van der Waals surface area contributed by atoms with Crippen LogP contribution in [-0.4, -0.2) is 32.5 Å². The molecule has 1 aliphatic carbocycles. The summed E-state index contributed by atoms with van der Waals surface area (Å²) in [6, 6.07) is 20.2. The number of hydrogen-bond acceptors (Lipinski definition) is 4. The van der Waals surface area contributed by atoms with Crippen molar-refractivity contribution in [1.82, 2.24) is 10.0 Å². The van der Waals surface area contributed by atoms with E-state index in [1.165, 1.54) is 0 Å². The second-order valence-electron chi connectivity index (χ2n) is 8.60. The molecule has 2 amide bonds. The number of sulfonamides is 1. The number of carbonyl (C=O) groups is 2. The highest BCUT2D eigenvalue weighted by atomic mass is 32.2. The zero-order valence-electron chi connectivity index (χ0n) is 19.1. The maximum absolute atomic E-state index is 12.7. The zero-order chi connectivity index (χ0) is 24.3. The number of nitrogens with one attached hydrogen (secondary N) is 3. The summed E-state index contributed by atoms with van der Waals surface area (Å²) in [7, 11) is -3.26. The molecule has 0 spiro atoms. The predicted molar refractivity (Wildman–Crippen MR) is 133 cm³/mol. The predicted octanol–water partition coefficient (Wildman–Crippen LogP) is 3.86. The van der Waals surface area contributed by atoms with Gasteiger partial charge in [-0.1, -0.05) is 30.3 Å². The van der Waals surface area contributed by atoms with Gasteiger partial charge in [0, 0.05) is 29.4 Å². The van der Waals surface area contributed by atoms with Crippen molar-refractivity contribution in [1.29, 1.82) is 0 Å². The molecule has 0 bridgehead atoms. The minimum Gasteiger partial charge on any atom is -0.349 e. The Kier molecular flexibility index (Phi) is 6.81. The summed E-state index contributed by atoms with van der Waals surface area (Å²) >= 11 is 0. The molecular formula is C26H27N3O4S. The van der Waals surface area contributed by atoms with E-state index >= 15 is 0 Å². The highest BCUT2D eigenvalue weighted by molar-refractivity contribution is 7.88. The Morgan fingerprint density at radius 3 is 2.15 bits per heavy atom. The van der Waals surface area contributed by atoms with Crippen LogP contribution in [0.5, 0.6) is 0 Å². The van der Waals surface area contributed by atoms with E-state index in [0.29, 0.717) is 22.9 Å². The van der Waals surface area contributed by atoms with Crippen LogP contribution in [0.15, 0.2) is 66.7 Å². The van der Waals surface area contributed by atoms with E-state index in [-0.39, 0.29) is 18.4 Å². The second-order valence-corrected chi connectivity index (χ2v) is 10.4. The Morgan fingerprint density at radius 2 is 1.53 bits per heavy atom. The number of hydrogen-bond donors (Lipinski definition) is 3. The number of benzene rings is 3. The molecule has 3 N–H and O–H groups in total. The Balaban J connectivity index is 1.42. The lowest BCUT2D eigenvalue weighted by molar-refractivity contribution is 0.0950. The van der Waals surface area contributed by atoms with Crippen LogP contribution in [0.2, 0.25) is 0 Å². The lowest BCUT2D eigenvalue weighted by Gasteiger charge is -2.11. The van der Waals surface area contributed by atoms with Crippen molar-refractivity contribution < 1.29 is 18.0 Å². The summed E-state index contributed by atoms with van der Waals surface area (Å²) in [6.07, 6.45) is 3.19. The van der Waals surface area contributed by atoms with Gasteiger partial charge < -0.3 is 10.6 Å². The Labute approximate surface area is 199 Å². The van der Waals surface area contributed by atoms with E-state index in [2.05, 4.69) is 15.4 Å². The number of rotatable bonds is 8. The molecule has 0 saturated heterocycles. The fourth-order valence-corrected chi connectivity index (χ4v) is 3.92. The maximum Gasteiger partial charge on any atom is 0.255 e. The molecule has 34 heavy (non-hydrogen) atoms. The molecule has 3 aromatic carbocycles. The van der Waals surface area contributed by atoms with Gasteiger partial charge in [0.15, 0.2) is 0 Å². The number of aryl methyl sites for hydroxylation is 1. The molecule has 176 valence electrons. The van der Waals surface area contributed by atoms with E-state index in [9.17, 15) is 18.0 Å². The summed E-state index contributed by atoms with van der Waals surface area (Å²) in [4.78, 5) is 25.1. The summed E-state index contributed by atoms with van der Waals surface area (Å²) in [5, 5.41) is 5.86. The van der Waals surface area contributed by atoms with Crippen LogP contribution < -0.4 is 15.4 Å². The summed E-state index contributed by atoms with van der Waals surface area (Å²) in [6.45, 7) is 2.19. The quantitative estimate of drug-likeness (QED) is 0.458. The van der Waals surface area contributed by atoms with Crippen LogP contribution in [0.4, 0.5) is 5.69 Å². The van der Waals surface area contributed by atoms with Gasteiger partial charge in [0.05, 0.1) is 6.26 Å². The summed E-state index contributed by atoms with van der Waals surface area (Å²) in [5.41, 5.74) is 5.46. The fourth-order valence-electron chi connectivity index (χ4n) is 3.50. The van der Waals surface area contributed by atoms with E-state index in [0.717, 1.165) is 41.4 Å². The Hall–Kier alpha value is -3.49. The maximum atomic E-state index is 12.7. The second kappa shape index (κ2) is 9.79. The molecule has 0 aromatic heterocycles. The molecule has 1 fully saturated rings. The molecule has 1 saturated carbocycles. The van der Waals surface area contributed by atoms with Gasteiger partial charge in [0.2, 0.25) is 10.0 Å². The molecule has 8 heteroatoms. The third kappa shape index (κ3) is 6.30. The van der Waals surface area contributed by atoms with Crippen LogP contribution in [0.25, 0.3) is 11.1 Å². The van der Waals surface area contributed by atoms with Gasteiger partial charge in [-0.05, 0) is 78.4 Å². The van der Waals surface area contributed by atoms with Crippen molar-refractivity contribution in [2.45, 2.75) is 32.4 Å². The van der Waals surface area contributed by atoms with Crippen molar-refractivity contribution in [3.8, 4) is 11.1 Å². The van der Waals surface area contributed by atoms with Gasteiger partial charge in [-0.15, -0.1) is 0 Å². The van der Waals surface area contributed by atoms with Gasteiger partial charge in [-0.3, -0.25) is 9.59 Å². The van der Waals surface area contributed by atoms with Crippen LogP contribution in [0.1, 0.15) is 44.7 Å². The van der Waals surface area contributed by atoms with Crippen LogP contribution in [0.3, 0.4) is 0 Å². The van der Waals surface area contributed by atoms with E-state index in [1.807, 2.05) is 37.3 Å². The minimum absolute atomic E-state index is 0.0575. The molecule has 0 aliphatic heterocycles. The third-order valence-corrected chi connectivity index (χ3v) is 6.29. The molecule has 0 heterocycles. The van der Waals surface area contributed by atoms with Crippen LogP contribution >= 0.6 is 0 Å². The number of carbonyl (C=O) groups excluding carboxylic acids is 2. The first-order valence-corrected chi connectivity index (χ1v) is 12.9. The van der Waals surface area contributed by atoms with Crippen LogP contribution in [-0.2, 0) is 16.6 Å². The van der Waals surface area contributed by atoms with Gasteiger partial charge in [-0.2, -0.15) is 0 Å². The average Bonchev–Trinajstić information content (AvgIpc) is 3.62. The molecule has 1 aliphatic rings. The molecule has 0 atom stereocenters.